The van der Waals surface area contributed by atoms with Crippen LogP contribution in [0, 0.1) is 34.6 Å². The fraction of sp³-hybridized carbons (Fsp3) is 0.375. The normalized spacial score (nSPS) is 9.07. The molecule has 3 rings (SSSR count). The average molecular weight is 414 g/mol. The van der Waals surface area contributed by atoms with E-state index < -0.39 is 0 Å². The first kappa shape index (κ1) is 26.9. The quantitative estimate of drug-likeness (QED) is 0.538. The van der Waals surface area contributed by atoms with Gasteiger partial charge in [0.05, 0.1) is 24.7 Å². The molecule has 30 heavy (non-hydrogen) atoms. The average Bonchev–Trinajstić information content (AvgIpc) is 2.70. The zero-order chi connectivity index (χ0) is 23.1. The van der Waals surface area contributed by atoms with Crippen LogP contribution in [0.4, 0.5) is 0 Å². The SMILES string of the molecule is CCC.COc1c(C)ccnc1C.Cc1ccnc(C)c1O.Cc1ccncc1O. The predicted octanol–water partition coefficient (Wildman–Crippen LogP) is 5.62. The van der Waals surface area contributed by atoms with Gasteiger partial charge in [-0.25, -0.2) is 0 Å². The Balaban J connectivity index is 0.000000396. The van der Waals surface area contributed by atoms with E-state index in [1.165, 1.54) is 12.6 Å². The third-order valence-electron chi connectivity index (χ3n) is 3.80. The number of aromatic nitrogens is 3. The van der Waals surface area contributed by atoms with E-state index in [1.54, 1.807) is 44.8 Å². The fourth-order valence-electron chi connectivity index (χ4n) is 2.13. The first-order valence-electron chi connectivity index (χ1n) is 9.86. The molecule has 0 bridgehead atoms. The van der Waals surface area contributed by atoms with Crippen LogP contribution in [0.25, 0.3) is 0 Å². The molecule has 0 fully saturated rings. The molecule has 0 aromatic carbocycles. The molecule has 0 aliphatic carbocycles. The molecule has 0 amide bonds. The molecule has 2 N–H and O–H groups in total. The van der Waals surface area contributed by atoms with E-state index in [1.807, 2.05) is 33.8 Å². The highest BCUT2D eigenvalue weighted by molar-refractivity contribution is 5.34. The van der Waals surface area contributed by atoms with Crippen LogP contribution in [0.1, 0.15) is 48.3 Å². The Morgan fingerprint density at radius 1 is 0.767 bits per heavy atom. The van der Waals surface area contributed by atoms with Gasteiger partial charge in [0.15, 0.2) is 0 Å². The van der Waals surface area contributed by atoms with Crippen LogP contribution in [-0.2, 0) is 0 Å². The Kier molecular flexibility index (Phi) is 13.2. The minimum atomic E-state index is 0.257. The predicted molar refractivity (Wildman–Crippen MR) is 122 cm³/mol. The summed E-state index contributed by atoms with van der Waals surface area (Å²) in [5.74, 6) is 1.45. The van der Waals surface area contributed by atoms with Gasteiger partial charge < -0.3 is 14.9 Å². The highest BCUT2D eigenvalue weighted by Crippen LogP contribution is 2.18. The van der Waals surface area contributed by atoms with Crippen molar-refractivity contribution in [2.45, 2.75) is 54.9 Å². The van der Waals surface area contributed by atoms with Crippen LogP contribution < -0.4 is 4.74 Å². The van der Waals surface area contributed by atoms with Gasteiger partial charge in [0.2, 0.25) is 0 Å². The number of methoxy groups -OCH3 is 1. The van der Waals surface area contributed by atoms with Crippen LogP contribution >= 0.6 is 0 Å². The van der Waals surface area contributed by atoms with E-state index in [4.69, 9.17) is 14.9 Å². The lowest BCUT2D eigenvalue weighted by atomic mass is 10.2. The summed E-state index contributed by atoms with van der Waals surface area (Å²) >= 11 is 0. The van der Waals surface area contributed by atoms with Crippen LogP contribution in [0.5, 0.6) is 17.2 Å². The van der Waals surface area contributed by atoms with E-state index in [0.717, 1.165) is 28.1 Å². The Morgan fingerprint density at radius 2 is 1.27 bits per heavy atom. The molecule has 0 radical (unpaired) electrons. The van der Waals surface area contributed by atoms with Gasteiger partial charge in [0.1, 0.15) is 17.2 Å². The summed E-state index contributed by atoms with van der Waals surface area (Å²) in [4.78, 5) is 11.7. The third kappa shape index (κ3) is 9.87. The molecule has 6 heteroatoms. The summed E-state index contributed by atoms with van der Waals surface area (Å²) in [6, 6.07) is 5.48. The van der Waals surface area contributed by atoms with Crippen LogP contribution in [0.2, 0.25) is 0 Å². The van der Waals surface area contributed by atoms with Gasteiger partial charge >= 0.3 is 0 Å². The lowest BCUT2D eigenvalue weighted by Crippen LogP contribution is -1.92. The maximum Gasteiger partial charge on any atom is 0.142 e. The number of aromatic hydroxyl groups is 2. The van der Waals surface area contributed by atoms with Crippen molar-refractivity contribution in [1.29, 1.82) is 0 Å². The van der Waals surface area contributed by atoms with Gasteiger partial charge in [-0.1, -0.05) is 20.3 Å². The second-order valence-corrected chi connectivity index (χ2v) is 6.68. The summed E-state index contributed by atoms with van der Waals surface area (Å²) in [6.07, 6.45) is 7.79. The van der Waals surface area contributed by atoms with E-state index in [-0.39, 0.29) is 5.75 Å². The number of hydrogen-bond donors (Lipinski definition) is 2. The van der Waals surface area contributed by atoms with Gasteiger partial charge in [-0.3, -0.25) is 15.0 Å². The summed E-state index contributed by atoms with van der Waals surface area (Å²) in [5, 5.41) is 18.0. The summed E-state index contributed by atoms with van der Waals surface area (Å²) in [7, 11) is 1.66. The Hall–Kier alpha value is -3.15. The van der Waals surface area contributed by atoms with Crippen molar-refractivity contribution in [3.8, 4) is 17.2 Å². The Labute approximate surface area is 180 Å². The molecular formula is C24H35N3O3. The number of nitrogens with zero attached hydrogens (tertiary/aromatic N) is 3. The Bertz CT molecular complexity index is 822. The number of ether oxygens (including phenoxy) is 1. The van der Waals surface area contributed by atoms with Crippen LogP contribution in [0.15, 0.2) is 43.0 Å². The lowest BCUT2D eigenvalue weighted by Gasteiger charge is -2.05. The maximum absolute atomic E-state index is 9.14. The van der Waals surface area contributed by atoms with Crippen molar-refractivity contribution in [3.05, 3.63) is 71.1 Å². The minimum absolute atomic E-state index is 0.257. The molecule has 164 valence electrons. The second kappa shape index (κ2) is 14.8. The van der Waals surface area contributed by atoms with Crippen molar-refractivity contribution < 1.29 is 14.9 Å². The molecule has 0 atom stereocenters. The number of pyridine rings is 3. The van der Waals surface area contributed by atoms with E-state index in [2.05, 4.69) is 28.8 Å². The molecule has 0 aliphatic heterocycles. The van der Waals surface area contributed by atoms with Gasteiger partial charge in [-0.05, 0) is 69.5 Å². The maximum atomic E-state index is 9.14. The number of hydrogen-bond acceptors (Lipinski definition) is 6. The second-order valence-electron chi connectivity index (χ2n) is 6.68. The first-order chi connectivity index (χ1) is 14.2. The van der Waals surface area contributed by atoms with Crippen molar-refractivity contribution in [1.82, 2.24) is 15.0 Å². The van der Waals surface area contributed by atoms with E-state index in [9.17, 15) is 0 Å². The summed E-state index contributed by atoms with van der Waals surface area (Å²) < 4.78 is 5.11. The number of rotatable bonds is 1. The molecule has 3 aromatic rings. The third-order valence-corrected chi connectivity index (χ3v) is 3.80. The van der Waals surface area contributed by atoms with Gasteiger partial charge in [0, 0.05) is 18.6 Å². The summed E-state index contributed by atoms with van der Waals surface area (Å²) in [6.45, 7) is 13.7. The molecule has 0 unspecified atom stereocenters. The van der Waals surface area contributed by atoms with Crippen molar-refractivity contribution in [2.24, 2.45) is 0 Å². The zero-order valence-electron chi connectivity index (χ0n) is 19.4. The molecule has 6 nitrogen and oxygen atoms in total. The van der Waals surface area contributed by atoms with E-state index in [0.29, 0.717) is 11.4 Å². The zero-order valence-corrected chi connectivity index (χ0v) is 19.4. The van der Waals surface area contributed by atoms with Gasteiger partial charge in [0.25, 0.3) is 0 Å². The van der Waals surface area contributed by atoms with E-state index >= 15 is 0 Å². The fourth-order valence-corrected chi connectivity index (χ4v) is 2.13. The standard InChI is InChI=1S/C8H11NO.C7H9NO.C6H7NO.C3H8/c1-6-4-5-9-7(2)8(6)10-3;1-5-3-4-8-6(2)7(5)9;1-5-2-3-7-4-6(5)8;1-3-2/h4-5H,1-3H3;3-4,9H,1-2H3;2-4,8H,1H3;3H2,1-2H3. The molecule has 3 aromatic heterocycles. The Morgan fingerprint density at radius 3 is 1.60 bits per heavy atom. The highest BCUT2D eigenvalue weighted by atomic mass is 16.5. The highest BCUT2D eigenvalue weighted by Gasteiger charge is 2.00. The van der Waals surface area contributed by atoms with Crippen LogP contribution in [0.3, 0.4) is 0 Å². The molecule has 3 heterocycles. The molecule has 0 spiro atoms. The summed E-state index contributed by atoms with van der Waals surface area (Å²) in [5.41, 5.74) is 4.51. The molecule has 0 saturated carbocycles. The van der Waals surface area contributed by atoms with Gasteiger partial charge in [-0.15, -0.1) is 0 Å². The molecule has 0 aliphatic rings. The lowest BCUT2D eigenvalue weighted by molar-refractivity contribution is 0.406. The topological polar surface area (TPSA) is 88.4 Å². The molecule has 0 saturated heterocycles. The largest absolute Gasteiger partial charge is 0.506 e. The van der Waals surface area contributed by atoms with Gasteiger partial charge in [-0.2, -0.15) is 0 Å². The molecular weight excluding hydrogens is 378 g/mol. The van der Waals surface area contributed by atoms with Crippen molar-refractivity contribution >= 4 is 0 Å². The minimum Gasteiger partial charge on any atom is -0.506 e. The monoisotopic (exact) mass is 413 g/mol. The van der Waals surface area contributed by atoms with Crippen molar-refractivity contribution in [2.75, 3.05) is 7.11 Å². The number of aryl methyl sites for hydroxylation is 5. The smallest absolute Gasteiger partial charge is 0.142 e. The van der Waals surface area contributed by atoms with Crippen LogP contribution in [-0.4, -0.2) is 32.3 Å². The van der Waals surface area contributed by atoms with Crippen molar-refractivity contribution in [3.63, 3.8) is 0 Å². The first-order valence-corrected chi connectivity index (χ1v) is 9.86.